The quantitative estimate of drug-likeness (QED) is 0.634. The molecule has 0 heterocycles. The highest BCUT2D eigenvalue weighted by Crippen LogP contribution is 2.26. The molecule has 0 bridgehead atoms. The van der Waals surface area contributed by atoms with Crippen molar-refractivity contribution in [2.45, 2.75) is 19.4 Å². The molecule has 1 amide bonds. The van der Waals surface area contributed by atoms with Crippen molar-refractivity contribution >= 4 is 49.7 Å². The molecule has 0 unspecified atom stereocenters. The molecule has 0 saturated heterocycles. The summed E-state index contributed by atoms with van der Waals surface area (Å²) in [5.41, 5.74) is 0.970. The van der Waals surface area contributed by atoms with E-state index in [0.717, 1.165) is 21.3 Å². The third-order valence-corrected chi connectivity index (χ3v) is 5.82. The predicted octanol–water partition coefficient (Wildman–Crippen LogP) is 4.68. The Labute approximate surface area is 170 Å². The van der Waals surface area contributed by atoms with Crippen LogP contribution in [0, 0.1) is 0 Å². The number of sulfonamides is 1. The van der Waals surface area contributed by atoms with Crippen LogP contribution in [0.2, 0.25) is 5.02 Å². The van der Waals surface area contributed by atoms with Gasteiger partial charge < -0.3 is 5.32 Å². The van der Waals surface area contributed by atoms with E-state index < -0.39 is 22.0 Å². The van der Waals surface area contributed by atoms with Crippen LogP contribution in [0.15, 0.2) is 66.7 Å². The average Bonchev–Trinajstić information content (AvgIpc) is 2.64. The second-order valence-electron chi connectivity index (χ2n) is 6.51. The fourth-order valence-electron chi connectivity index (χ4n) is 3.17. The molecule has 146 valence electrons. The predicted molar refractivity (Wildman–Crippen MR) is 115 cm³/mol. The second kappa shape index (κ2) is 8.20. The van der Waals surface area contributed by atoms with Crippen molar-refractivity contribution < 1.29 is 13.2 Å². The Bertz CT molecular complexity index is 1120. The SMILES string of the molecule is CC[C@H](C(=O)Nc1ccc2ccccc2c1)N(c1cccc(Cl)c1)S(C)(=O)=O. The molecule has 7 heteroatoms. The van der Waals surface area contributed by atoms with Gasteiger partial charge in [-0.05, 0) is 47.5 Å². The number of hydrogen-bond acceptors (Lipinski definition) is 3. The van der Waals surface area contributed by atoms with E-state index in [1.54, 1.807) is 31.2 Å². The van der Waals surface area contributed by atoms with Gasteiger partial charge in [-0.3, -0.25) is 9.10 Å². The van der Waals surface area contributed by atoms with Crippen LogP contribution in [0.4, 0.5) is 11.4 Å². The van der Waals surface area contributed by atoms with E-state index in [9.17, 15) is 13.2 Å². The average molecular weight is 417 g/mol. The van der Waals surface area contributed by atoms with Crippen molar-refractivity contribution in [2.75, 3.05) is 15.9 Å². The van der Waals surface area contributed by atoms with Crippen molar-refractivity contribution in [1.29, 1.82) is 0 Å². The van der Waals surface area contributed by atoms with Gasteiger partial charge in [0.1, 0.15) is 6.04 Å². The maximum Gasteiger partial charge on any atom is 0.248 e. The molecular weight excluding hydrogens is 396 g/mol. The highest BCUT2D eigenvalue weighted by Gasteiger charge is 2.31. The fourth-order valence-corrected chi connectivity index (χ4v) is 4.55. The third kappa shape index (κ3) is 4.46. The maximum absolute atomic E-state index is 13.0. The summed E-state index contributed by atoms with van der Waals surface area (Å²) in [5.74, 6) is -0.400. The first-order valence-electron chi connectivity index (χ1n) is 8.84. The number of nitrogens with one attached hydrogen (secondary N) is 1. The normalized spacial score (nSPS) is 12.5. The van der Waals surface area contributed by atoms with Crippen molar-refractivity contribution in [1.82, 2.24) is 0 Å². The molecular formula is C21H21ClN2O3S. The van der Waals surface area contributed by atoms with Crippen LogP contribution in [0.25, 0.3) is 10.8 Å². The molecule has 0 aliphatic heterocycles. The number of amides is 1. The lowest BCUT2D eigenvalue weighted by molar-refractivity contribution is -0.117. The third-order valence-electron chi connectivity index (χ3n) is 4.41. The minimum atomic E-state index is -3.70. The van der Waals surface area contributed by atoms with Crippen LogP contribution >= 0.6 is 11.6 Å². The van der Waals surface area contributed by atoms with Gasteiger partial charge >= 0.3 is 0 Å². The summed E-state index contributed by atoms with van der Waals surface area (Å²) in [5, 5.41) is 5.29. The van der Waals surface area contributed by atoms with Gasteiger partial charge in [-0.1, -0.05) is 54.9 Å². The molecule has 3 aromatic rings. The Morgan fingerprint density at radius 1 is 1.04 bits per heavy atom. The van der Waals surface area contributed by atoms with Gasteiger partial charge in [0, 0.05) is 10.7 Å². The number of fused-ring (bicyclic) bond motifs is 1. The zero-order valence-electron chi connectivity index (χ0n) is 15.6. The molecule has 28 heavy (non-hydrogen) atoms. The molecule has 0 aliphatic rings. The fraction of sp³-hybridized carbons (Fsp3) is 0.190. The molecule has 0 saturated carbocycles. The molecule has 0 aliphatic carbocycles. The first-order chi connectivity index (χ1) is 13.3. The monoisotopic (exact) mass is 416 g/mol. The lowest BCUT2D eigenvalue weighted by Gasteiger charge is -2.30. The van der Waals surface area contributed by atoms with E-state index in [-0.39, 0.29) is 0 Å². The standard InChI is InChI=1S/C21H21ClN2O3S/c1-3-20(24(28(2,26)27)19-10-6-9-17(22)14-19)21(25)23-18-12-11-15-7-4-5-8-16(15)13-18/h4-14,20H,3H2,1-2H3,(H,23,25)/t20-/m1/s1. The van der Waals surface area contributed by atoms with Crippen molar-refractivity contribution in [2.24, 2.45) is 0 Å². The molecule has 3 rings (SSSR count). The minimum Gasteiger partial charge on any atom is -0.324 e. The van der Waals surface area contributed by atoms with Gasteiger partial charge in [0.15, 0.2) is 0 Å². The van der Waals surface area contributed by atoms with Crippen molar-refractivity contribution in [3.63, 3.8) is 0 Å². The van der Waals surface area contributed by atoms with Gasteiger partial charge in [0.2, 0.25) is 15.9 Å². The Hall–Kier alpha value is -2.57. The van der Waals surface area contributed by atoms with E-state index in [2.05, 4.69) is 5.32 Å². The Balaban J connectivity index is 1.93. The minimum absolute atomic E-state index is 0.305. The van der Waals surface area contributed by atoms with Crippen molar-refractivity contribution in [3.05, 3.63) is 71.8 Å². The Morgan fingerprint density at radius 2 is 1.75 bits per heavy atom. The van der Waals surface area contributed by atoms with Gasteiger partial charge in [-0.25, -0.2) is 8.42 Å². The topological polar surface area (TPSA) is 66.5 Å². The number of rotatable bonds is 6. The number of benzene rings is 3. The summed E-state index contributed by atoms with van der Waals surface area (Å²) in [6.07, 6.45) is 1.39. The molecule has 0 radical (unpaired) electrons. The molecule has 3 aromatic carbocycles. The number of nitrogens with zero attached hydrogens (tertiary/aromatic N) is 1. The molecule has 5 nitrogen and oxygen atoms in total. The van der Waals surface area contributed by atoms with Crippen LogP contribution in [-0.4, -0.2) is 26.6 Å². The molecule has 1 atom stereocenters. The lowest BCUT2D eigenvalue weighted by atomic mass is 10.1. The summed E-state index contributed by atoms with van der Waals surface area (Å²) in [4.78, 5) is 13.0. The number of carbonyl (C=O) groups is 1. The number of carbonyl (C=O) groups excluding carboxylic acids is 1. The summed E-state index contributed by atoms with van der Waals surface area (Å²) < 4.78 is 26.1. The number of hydrogen-bond donors (Lipinski definition) is 1. The molecule has 0 spiro atoms. The number of anilines is 2. The smallest absolute Gasteiger partial charge is 0.248 e. The van der Waals surface area contributed by atoms with Crippen LogP contribution in [0.5, 0.6) is 0 Å². The zero-order valence-corrected chi connectivity index (χ0v) is 17.2. The van der Waals surface area contributed by atoms with Crippen LogP contribution < -0.4 is 9.62 Å². The summed E-state index contributed by atoms with van der Waals surface area (Å²) in [6.45, 7) is 1.77. The van der Waals surface area contributed by atoms with Crippen LogP contribution in [0.3, 0.4) is 0 Å². The van der Waals surface area contributed by atoms with E-state index in [1.807, 2.05) is 36.4 Å². The van der Waals surface area contributed by atoms with Crippen molar-refractivity contribution in [3.8, 4) is 0 Å². The summed E-state index contributed by atoms with van der Waals surface area (Å²) >= 11 is 6.03. The highest BCUT2D eigenvalue weighted by atomic mass is 35.5. The lowest BCUT2D eigenvalue weighted by Crippen LogP contribution is -2.47. The Morgan fingerprint density at radius 3 is 2.39 bits per heavy atom. The highest BCUT2D eigenvalue weighted by molar-refractivity contribution is 7.92. The molecule has 1 N–H and O–H groups in total. The summed E-state index contributed by atoms with van der Waals surface area (Å²) in [7, 11) is -3.70. The zero-order chi connectivity index (χ0) is 20.3. The first-order valence-corrected chi connectivity index (χ1v) is 11.1. The van der Waals surface area contributed by atoms with Gasteiger partial charge in [0.25, 0.3) is 0 Å². The largest absolute Gasteiger partial charge is 0.324 e. The van der Waals surface area contributed by atoms with Crippen LogP contribution in [0.1, 0.15) is 13.3 Å². The second-order valence-corrected chi connectivity index (χ2v) is 8.81. The van der Waals surface area contributed by atoms with Gasteiger partial charge in [0.05, 0.1) is 11.9 Å². The summed E-state index contributed by atoms with van der Waals surface area (Å²) in [6, 6.07) is 19.0. The number of halogens is 1. The molecule has 0 fully saturated rings. The maximum atomic E-state index is 13.0. The molecule has 0 aromatic heterocycles. The first kappa shape index (κ1) is 20.2. The van der Waals surface area contributed by atoms with Crippen LogP contribution in [-0.2, 0) is 14.8 Å². The van der Waals surface area contributed by atoms with Gasteiger partial charge in [-0.2, -0.15) is 0 Å². The van der Waals surface area contributed by atoms with E-state index >= 15 is 0 Å². The van der Waals surface area contributed by atoms with E-state index in [1.165, 1.54) is 6.07 Å². The van der Waals surface area contributed by atoms with E-state index in [4.69, 9.17) is 11.6 Å². The Kier molecular flexibility index (Phi) is 5.91. The van der Waals surface area contributed by atoms with E-state index in [0.29, 0.717) is 22.8 Å². The van der Waals surface area contributed by atoms with Gasteiger partial charge in [-0.15, -0.1) is 0 Å².